The standard InChI is InChI=1S/C20H18N2O2S/c1-13(14-8-4-3-5-9-14)22-12-16(15-10-6-7-11-17(15)22)18-19(23)21-20(24)25(18)2/h3-13,18H,2H2,1H3,(H,21,23,24). The minimum Gasteiger partial charge on any atom is -0.340 e. The molecule has 0 bridgehead atoms. The van der Waals surface area contributed by atoms with Gasteiger partial charge in [0.05, 0.1) is 6.04 Å². The molecule has 1 N–H and O–H groups in total. The van der Waals surface area contributed by atoms with Crippen LogP contribution in [0.5, 0.6) is 0 Å². The van der Waals surface area contributed by atoms with Gasteiger partial charge in [-0.3, -0.25) is 14.9 Å². The van der Waals surface area contributed by atoms with E-state index in [0.29, 0.717) is 0 Å². The number of rotatable bonds is 3. The lowest BCUT2D eigenvalue weighted by Crippen LogP contribution is -2.20. The quantitative estimate of drug-likeness (QED) is 0.718. The Morgan fingerprint density at radius 3 is 2.44 bits per heavy atom. The molecule has 2 heterocycles. The van der Waals surface area contributed by atoms with E-state index in [2.05, 4.69) is 34.8 Å². The molecule has 0 radical (unpaired) electrons. The predicted octanol–water partition coefficient (Wildman–Crippen LogP) is 4.24. The van der Waals surface area contributed by atoms with Crippen LogP contribution in [0.2, 0.25) is 0 Å². The highest BCUT2D eigenvalue weighted by Crippen LogP contribution is 2.43. The summed E-state index contributed by atoms with van der Waals surface area (Å²) >= 11 is 0. The van der Waals surface area contributed by atoms with Crippen LogP contribution in [-0.2, 0) is 4.79 Å². The molecule has 2 amide bonds. The Hall–Kier alpha value is -2.66. The lowest BCUT2D eigenvalue weighted by molar-refractivity contribution is -0.119. The number of fused-ring (bicyclic) bond motifs is 1. The van der Waals surface area contributed by atoms with Crippen molar-refractivity contribution in [3.05, 3.63) is 71.9 Å². The van der Waals surface area contributed by atoms with E-state index in [1.165, 1.54) is 5.56 Å². The molecule has 3 unspecified atom stereocenters. The van der Waals surface area contributed by atoms with Gasteiger partial charge in [0, 0.05) is 22.7 Å². The Kier molecular flexibility index (Phi) is 3.81. The number of para-hydroxylation sites is 1. The summed E-state index contributed by atoms with van der Waals surface area (Å²) in [6, 6.07) is 18.4. The van der Waals surface area contributed by atoms with Crippen LogP contribution in [0.25, 0.3) is 10.9 Å². The Labute approximate surface area is 148 Å². The van der Waals surface area contributed by atoms with Crippen molar-refractivity contribution in [3.63, 3.8) is 0 Å². The summed E-state index contributed by atoms with van der Waals surface area (Å²) in [7, 11) is -0.900. The summed E-state index contributed by atoms with van der Waals surface area (Å²) in [6.45, 7) is 2.13. The van der Waals surface area contributed by atoms with Crippen molar-refractivity contribution in [2.24, 2.45) is 0 Å². The van der Waals surface area contributed by atoms with Gasteiger partial charge in [-0.25, -0.2) is 0 Å². The van der Waals surface area contributed by atoms with Crippen LogP contribution < -0.4 is 5.32 Å². The summed E-state index contributed by atoms with van der Waals surface area (Å²) in [5.74, 6) is 3.68. The minimum atomic E-state index is -0.900. The summed E-state index contributed by atoms with van der Waals surface area (Å²) in [4.78, 5) is 24.2. The molecule has 1 aliphatic heterocycles. The van der Waals surface area contributed by atoms with Gasteiger partial charge in [-0.2, -0.15) is 0 Å². The number of carbonyl (C=O) groups excluding carboxylic acids is 2. The summed E-state index contributed by atoms with van der Waals surface area (Å²) in [6.07, 6.45) is 2.01. The molecule has 25 heavy (non-hydrogen) atoms. The van der Waals surface area contributed by atoms with Crippen LogP contribution in [-0.4, -0.2) is 21.6 Å². The molecule has 1 saturated heterocycles. The lowest BCUT2D eigenvalue weighted by atomic mass is 10.1. The number of hydrogen-bond acceptors (Lipinski definition) is 2. The first-order valence-corrected chi connectivity index (χ1v) is 9.55. The first-order valence-electron chi connectivity index (χ1n) is 8.10. The molecule has 2 aromatic carbocycles. The third-order valence-corrected chi connectivity index (χ3v) is 6.35. The molecular weight excluding hydrogens is 332 g/mol. The van der Waals surface area contributed by atoms with Gasteiger partial charge in [-0.05, 0) is 18.6 Å². The lowest BCUT2D eigenvalue weighted by Gasteiger charge is -2.15. The summed E-state index contributed by atoms with van der Waals surface area (Å²) in [5.41, 5.74) is 3.12. The topological polar surface area (TPSA) is 51.1 Å². The summed E-state index contributed by atoms with van der Waals surface area (Å²) < 4.78 is 2.17. The molecule has 5 heteroatoms. The maximum Gasteiger partial charge on any atom is 0.280 e. The number of carbonyl (C=O) groups is 2. The highest BCUT2D eigenvalue weighted by molar-refractivity contribution is 8.28. The third-order valence-electron chi connectivity index (χ3n) is 4.74. The Morgan fingerprint density at radius 2 is 1.76 bits per heavy atom. The first kappa shape index (κ1) is 15.8. The van der Waals surface area contributed by atoms with Crippen LogP contribution in [0.1, 0.15) is 29.3 Å². The van der Waals surface area contributed by atoms with E-state index < -0.39 is 15.7 Å². The van der Waals surface area contributed by atoms with Gasteiger partial charge < -0.3 is 4.57 Å². The van der Waals surface area contributed by atoms with Crippen LogP contribution >= 0.6 is 10.5 Å². The molecule has 126 valence electrons. The third kappa shape index (κ3) is 2.51. The smallest absolute Gasteiger partial charge is 0.280 e. The Balaban J connectivity index is 1.89. The molecule has 4 rings (SSSR count). The number of imide groups is 1. The van der Waals surface area contributed by atoms with E-state index in [9.17, 15) is 9.59 Å². The van der Waals surface area contributed by atoms with Gasteiger partial charge in [-0.1, -0.05) is 64.9 Å². The van der Waals surface area contributed by atoms with E-state index >= 15 is 0 Å². The second-order valence-electron chi connectivity index (χ2n) is 6.18. The fourth-order valence-corrected chi connectivity index (χ4v) is 4.67. The SMILES string of the molecule is C=S1C(=O)NC(=O)C1c1cn(C(C)c2ccccc2)c2ccccc12. The normalized spacial score (nSPS) is 21.5. The van der Waals surface area contributed by atoms with Crippen molar-refractivity contribution in [3.8, 4) is 0 Å². The molecule has 4 nitrogen and oxygen atoms in total. The fourth-order valence-electron chi connectivity index (χ4n) is 3.42. The first-order chi connectivity index (χ1) is 12.1. The molecule has 3 atom stereocenters. The maximum absolute atomic E-state index is 12.3. The van der Waals surface area contributed by atoms with Gasteiger partial charge in [0.2, 0.25) is 5.91 Å². The number of benzene rings is 2. The van der Waals surface area contributed by atoms with Crippen molar-refractivity contribution in [2.75, 3.05) is 0 Å². The largest absolute Gasteiger partial charge is 0.340 e. The van der Waals surface area contributed by atoms with Crippen molar-refractivity contribution in [1.29, 1.82) is 0 Å². The van der Waals surface area contributed by atoms with Crippen molar-refractivity contribution in [1.82, 2.24) is 9.88 Å². The molecule has 3 aromatic rings. The van der Waals surface area contributed by atoms with E-state index in [1.807, 2.05) is 48.7 Å². The van der Waals surface area contributed by atoms with Gasteiger partial charge >= 0.3 is 0 Å². The van der Waals surface area contributed by atoms with Crippen LogP contribution in [0.3, 0.4) is 0 Å². The van der Waals surface area contributed by atoms with E-state index in [1.54, 1.807) is 0 Å². The van der Waals surface area contributed by atoms with Gasteiger partial charge in [-0.15, -0.1) is 0 Å². The number of aromatic nitrogens is 1. The molecule has 1 aliphatic rings. The zero-order chi connectivity index (χ0) is 17.6. The second kappa shape index (κ2) is 6.01. The van der Waals surface area contributed by atoms with Crippen molar-refractivity contribution >= 4 is 38.4 Å². The highest BCUT2D eigenvalue weighted by atomic mass is 32.2. The molecule has 1 aromatic heterocycles. The minimum absolute atomic E-state index is 0.117. The second-order valence-corrected chi connectivity index (χ2v) is 7.88. The van der Waals surface area contributed by atoms with E-state index in [4.69, 9.17) is 0 Å². The Morgan fingerprint density at radius 1 is 1.08 bits per heavy atom. The highest BCUT2D eigenvalue weighted by Gasteiger charge is 2.37. The molecular formula is C20H18N2O2S. The number of hydrogen-bond donors (Lipinski definition) is 1. The molecule has 0 saturated carbocycles. The Bertz CT molecular complexity index is 1010. The predicted molar refractivity (Wildman–Crippen MR) is 103 cm³/mol. The van der Waals surface area contributed by atoms with Gasteiger partial charge in [0.25, 0.3) is 5.24 Å². The average molecular weight is 350 g/mol. The van der Waals surface area contributed by atoms with Crippen LogP contribution in [0.15, 0.2) is 60.8 Å². The van der Waals surface area contributed by atoms with Gasteiger partial charge in [0.15, 0.2) is 0 Å². The zero-order valence-corrected chi connectivity index (χ0v) is 14.6. The number of amides is 2. The number of nitrogens with one attached hydrogen (secondary N) is 1. The van der Waals surface area contributed by atoms with Crippen LogP contribution in [0, 0.1) is 0 Å². The van der Waals surface area contributed by atoms with Crippen molar-refractivity contribution < 1.29 is 9.59 Å². The number of nitrogens with zero attached hydrogens (tertiary/aromatic N) is 1. The molecule has 1 fully saturated rings. The van der Waals surface area contributed by atoms with Gasteiger partial charge in [0.1, 0.15) is 5.25 Å². The average Bonchev–Trinajstić information content (AvgIpc) is 3.12. The van der Waals surface area contributed by atoms with Crippen molar-refractivity contribution in [2.45, 2.75) is 18.2 Å². The summed E-state index contributed by atoms with van der Waals surface area (Å²) in [5, 5.41) is 2.63. The van der Waals surface area contributed by atoms with E-state index in [-0.39, 0.29) is 17.2 Å². The fraction of sp³-hybridized carbons (Fsp3) is 0.150. The molecule has 0 spiro atoms. The maximum atomic E-state index is 12.3. The molecule has 0 aliphatic carbocycles. The monoisotopic (exact) mass is 350 g/mol. The zero-order valence-electron chi connectivity index (χ0n) is 13.8. The van der Waals surface area contributed by atoms with Crippen LogP contribution in [0.4, 0.5) is 4.79 Å². The van der Waals surface area contributed by atoms with E-state index in [0.717, 1.165) is 16.5 Å².